The van der Waals surface area contributed by atoms with Gasteiger partial charge < -0.3 is 15.5 Å². The zero-order valence-electron chi connectivity index (χ0n) is 15.1. The molecule has 4 rings (SSSR count). The number of rotatable bonds is 3. The van der Waals surface area contributed by atoms with E-state index in [-0.39, 0.29) is 30.2 Å². The van der Waals surface area contributed by atoms with Gasteiger partial charge in [-0.1, -0.05) is 0 Å². The topological polar surface area (TPSA) is 110 Å². The van der Waals surface area contributed by atoms with Crippen molar-refractivity contribution in [3.63, 3.8) is 0 Å². The fraction of sp³-hybridized carbons (Fsp3) is 0.588. The molecular weight excluding hydrogens is 334 g/mol. The van der Waals surface area contributed by atoms with Gasteiger partial charge in [0.1, 0.15) is 11.6 Å². The summed E-state index contributed by atoms with van der Waals surface area (Å²) in [7, 11) is 1.87. The Balaban J connectivity index is 1.49. The van der Waals surface area contributed by atoms with Crippen LogP contribution in [0.4, 0.5) is 5.82 Å². The number of primary amides is 1. The van der Waals surface area contributed by atoms with Crippen molar-refractivity contribution in [2.45, 2.75) is 32.2 Å². The Morgan fingerprint density at radius 2 is 2.00 bits per heavy atom. The molecule has 1 atom stereocenters. The van der Waals surface area contributed by atoms with Gasteiger partial charge in [-0.2, -0.15) is 5.10 Å². The van der Waals surface area contributed by atoms with Crippen LogP contribution in [0.3, 0.4) is 0 Å². The molecule has 1 unspecified atom stereocenters. The van der Waals surface area contributed by atoms with Crippen LogP contribution in [0.2, 0.25) is 0 Å². The normalized spacial score (nSPS) is 21.8. The molecule has 138 valence electrons. The lowest BCUT2D eigenvalue weighted by Crippen LogP contribution is -2.46. The number of anilines is 1. The van der Waals surface area contributed by atoms with Crippen LogP contribution in [0.25, 0.3) is 11.0 Å². The predicted octanol–water partition coefficient (Wildman–Crippen LogP) is -0.0257. The van der Waals surface area contributed by atoms with Crippen molar-refractivity contribution in [3.8, 4) is 0 Å². The number of nitrogens with zero attached hydrogens (tertiary/aromatic N) is 6. The molecular formula is C17H23N7O2. The van der Waals surface area contributed by atoms with E-state index in [1.807, 2.05) is 18.9 Å². The van der Waals surface area contributed by atoms with E-state index in [2.05, 4.69) is 20.0 Å². The zero-order chi connectivity index (χ0) is 18.4. The van der Waals surface area contributed by atoms with Gasteiger partial charge in [-0.05, 0) is 19.8 Å². The molecule has 0 bridgehead atoms. The number of nitrogens with two attached hydrogens (primary N) is 1. The molecule has 0 spiro atoms. The Hall–Kier alpha value is -2.71. The Bertz CT molecular complexity index is 869. The highest BCUT2D eigenvalue weighted by Gasteiger charge is 2.38. The Labute approximate surface area is 151 Å². The minimum Gasteiger partial charge on any atom is -0.369 e. The van der Waals surface area contributed by atoms with Gasteiger partial charge in [0.05, 0.1) is 17.5 Å². The van der Waals surface area contributed by atoms with Crippen LogP contribution in [0.1, 0.15) is 25.1 Å². The van der Waals surface area contributed by atoms with Crippen LogP contribution in [0, 0.1) is 12.8 Å². The summed E-state index contributed by atoms with van der Waals surface area (Å²) in [6.45, 7) is 3.94. The Kier molecular flexibility index (Phi) is 4.01. The summed E-state index contributed by atoms with van der Waals surface area (Å²) >= 11 is 0. The lowest BCUT2D eigenvalue weighted by atomic mass is 10.0. The molecule has 2 aromatic heterocycles. The Morgan fingerprint density at radius 3 is 2.65 bits per heavy atom. The van der Waals surface area contributed by atoms with Crippen LogP contribution in [0.5, 0.6) is 0 Å². The van der Waals surface area contributed by atoms with Crippen LogP contribution in [0.15, 0.2) is 6.20 Å². The third kappa shape index (κ3) is 2.77. The Morgan fingerprint density at radius 1 is 1.27 bits per heavy atom. The van der Waals surface area contributed by atoms with E-state index in [0.717, 1.165) is 48.6 Å². The second-order valence-corrected chi connectivity index (χ2v) is 7.17. The van der Waals surface area contributed by atoms with E-state index in [4.69, 9.17) is 5.73 Å². The van der Waals surface area contributed by atoms with Gasteiger partial charge in [0.2, 0.25) is 11.8 Å². The van der Waals surface area contributed by atoms with Crippen molar-refractivity contribution >= 4 is 28.7 Å². The summed E-state index contributed by atoms with van der Waals surface area (Å²) in [5.41, 5.74) is 6.20. The molecule has 2 aliphatic rings. The van der Waals surface area contributed by atoms with Crippen LogP contribution in [-0.2, 0) is 16.6 Å². The highest BCUT2D eigenvalue weighted by atomic mass is 16.2. The fourth-order valence-electron chi connectivity index (χ4n) is 4.02. The molecule has 4 heterocycles. The van der Waals surface area contributed by atoms with E-state index in [1.54, 1.807) is 10.9 Å². The van der Waals surface area contributed by atoms with Crippen LogP contribution in [-0.4, -0.2) is 62.1 Å². The average Bonchev–Trinajstić information content (AvgIpc) is 3.18. The molecule has 2 N–H and O–H groups in total. The fourth-order valence-corrected chi connectivity index (χ4v) is 4.02. The monoisotopic (exact) mass is 357 g/mol. The van der Waals surface area contributed by atoms with E-state index >= 15 is 0 Å². The smallest absolute Gasteiger partial charge is 0.223 e. The highest BCUT2D eigenvalue weighted by molar-refractivity contribution is 5.89. The van der Waals surface area contributed by atoms with Gasteiger partial charge in [0.25, 0.3) is 0 Å². The molecule has 9 heteroatoms. The van der Waals surface area contributed by atoms with E-state index in [0.29, 0.717) is 6.54 Å². The molecule has 2 aliphatic heterocycles. The van der Waals surface area contributed by atoms with Crippen LogP contribution >= 0.6 is 0 Å². The van der Waals surface area contributed by atoms with Crippen molar-refractivity contribution in [1.29, 1.82) is 0 Å². The molecule has 0 aliphatic carbocycles. The first-order valence-corrected chi connectivity index (χ1v) is 8.94. The zero-order valence-corrected chi connectivity index (χ0v) is 15.1. The van der Waals surface area contributed by atoms with Crippen molar-refractivity contribution in [3.05, 3.63) is 12.0 Å². The number of aryl methyl sites for hydroxylation is 2. The molecule has 2 aromatic rings. The standard InChI is InChI=1S/C17H23N7O2/c1-10-20-16-13(8-19-22(16)2)17(21-10)23-5-3-12(4-6-23)24-9-11(15(18)26)7-14(24)25/h8,11-12H,3-7,9H2,1-2H3,(H2,18,26). The maximum absolute atomic E-state index is 12.2. The largest absolute Gasteiger partial charge is 0.369 e. The summed E-state index contributed by atoms with van der Waals surface area (Å²) in [5, 5.41) is 5.24. The lowest BCUT2D eigenvalue weighted by Gasteiger charge is -2.37. The molecule has 0 aromatic carbocycles. The summed E-state index contributed by atoms with van der Waals surface area (Å²) in [6.07, 6.45) is 3.75. The third-order valence-electron chi connectivity index (χ3n) is 5.45. The van der Waals surface area contributed by atoms with Gasteiger partial charge in [-0.25, -0.2) is 9.97 Å². The number of carbonyl (C=O) groups is 2. The first-order valence-electron chi connectivity index (χ1n) is 8.94. The molecule has 2 fully saturated rings. The lowest BCUT2D eigenvalue weighted by molar-refractivity contribution is -0.130. The average molecular weight is 357 g/mol. The number of hydrogen-bond acceptors (Lipinski definition) is 6. The minimum absolute atomic E-state index is 0.0415. The van der Waals surface area contributed by atoms with Crippen molar-refractivity contribution in [2.75, 3.05) is 24.5 Å². The second kappa shape index (κ2) is 6.22. The van der Waals surface area contributed by atoms with Gasteiger partial charge in [-0.3, -0.25) is 14.3 Å². The van der Waals surface area contributed by atoms with Gasteiger partial charge in [0.15, 0.2) is 5.65 Å². The number of hydrogen-bond donors (Lipinski definition) is 1. The van der Waals surface area contributed by atoms with Gasteiger partial charge in [0, 0.05) is 39.1 Å². The van der Waals surface area contributed by atoms with Crippen molar-refractivity contribution in [1.82, 2.24) is 24.6 Å². The quantitative estimate of drug-likeness (QED) is 0.826. The molecule has 26 heavy (non-hydrogen) atoms. The van der Waals surface area contributed by atoms with Crippen molar-refractivity contribution < 1.29 is 9.59 Å². The second-order valence-electron chi connectivity index (χ2n) is 7.17. The maximum Gasteiger partial charge on any atom is 0.223 e. The van der Waals surface area contributed by atoms with Crippen molar-refractivity contribution in [2.24, 2.45) is 18.7 Å². The summed E-state index contributed by atoms with van der Waals surface area (Å²) < 4.78 is 1.76. The number of aromatic nitrogens is 4. The summed E-state index contributed by atoms with van der Waals surface area (Å²) in [5.74, 6) is 0.938. The van der Waals surface area contributed by atoms with E-state index in [1.165, 1.54) is 0 Å². The maximum atomic E-state index is 12.2. The van der Waals surface area contributed by atoms with Crippen LogP contribution < -0.4 is 10.6 Å². The first-order chi connectivity index (χ1) is 12.4. The molecule has 0 radical (unpaired) electrons. The number of amides is 2. The summed E-state index contributed by atoms with van der Waals surface area (Å²) in [6, 6.07) is 0.162. The first kappa shape index (κ1) is 16.7. The van der Waals surface area contributed by atoms with Gasteiger partial charge in [-0.15, -0.1) is 0 Å². The van der Waals surface area contributed by atoms with Gasteiger partial charge >= 0.3 is 0 Å². The van der Waals surface area contributed by atoms with E-state index in [9.17, 15) is 9.59 Å². The predicted molar refractivity (Wildman–Crippen MR) is 95.3 cm³/mol. The number of fused-ring (bicyclic) bond motifs is 1. The minimum atomic E-state index is -0.381. The third-order valence-corrected chi connectivity index (χ3v) is 5.45. The highest BCUT2D eigenvalue weighted by Crippen LogP contribution is 2.29. The SMILES string of the molecule is Cc1nc(N2CCC(N3CC(C(N)=O)CC3=O)CC2)c2cnn(C)c2n1. The van der Waals surface area contributed by atoms with E-state index < -0.39 is 0 Å². The summed E-state index contributed by atoms with van der Waals surface area (Å²) in [4.78, 5) is 36.8. The molecule has 2 amide bonds. The molecule has 0 saturated carbocycles. The number of carbonyl (C=O) groups excluding carboxylic acids is 2. The number of piperidine rings is 1. The number of likely N-dealkylation sites (tertiary alicyclic amines) is 1. The molecule has 9 nitrogen and oxygen atoms in total. The molecule has 2 saturated heterocycles.